The van der Waals surface area contributed by atoms with Crippen LogP contribution in [0.4, 0.5) is 13.2 Å². The first kappa shape index (κ1) is 11.4. The highest BCUT2D eigenvalue weighted by Crippen LogP contribution is 2.60. The van der Waals surface area contributed by atoms with Crippen LogP contribution in [-0.2, 0) is 5.41 Å². The largest absolute Gasteiger partial charge is 0.496 e. The minimum absolute atomic E-state index is 0.118. The highest BCUT2D eigenvalue weighted by atomic mass is 19.4. The summed E-state index contributed by atoms with van der Waals surface area (Å²) >= 11 is 0. The van der Waals surface area contributed by atoms with Gasteiger partial charge in [0, 0.05) is 30.2 Å². The molecule has 0 amide bonds. The van der Waals surface area contributed by atoms with Crippen LogP contribution in [0.5, 0.6) is 5.75 Å². The molecule has 2 aromatic rings. The van der Waals surface area contributed by atoms with E-state index >= 15 is 0 Å². The number of methoxy groups -OCH3 is 1. The van der Waals surface area contributed by atoms with Crippen LogP contribution in [-0.4, -0.2) is 22.7 Å². The maximum absolute atomic E-state index is 13.1. The van der Waals surface area contributed by atoms with Crippen molar-refractivity contribution in [3.8, 4) is 5.75 Å². The summed E-state index contributed by atoms with van der Waals surface area (Å²) in [6, 6.07) is 1.54. The first-order valence-electron chi connectivity index (χ1n) is 5.56. The quantitative estimate of drug-likeness (QED) is 0.825. The molecule has 1 saturated carbocycles. The number of aromatic nitrogens is 2. The minimum Gasteiger partial charge on any atom is -0.496 e. The summed E-state index contributed by atoms with van der Waals surface area (Å²) < 4.78 is 46.1. The monoisotopic (exact) mass is 256 g/mol. The maximum atomic E-state index is 13.1. The van der Waals surface area contributed by atoms with Gasteiger partial charge in [-0.15, -0.1) is 0 Å². The Labute approximate surface area is 101 Å². The summed E-state index contributed by atoms with van der Waals surface area (Å²) in [6.07, 6.45) is 0.646. The molecule has 0 spiro atoms. The Morgan fingerprint density at radius 1 is 1.39 bits per heavy atom. The smallest absolute Gasteiger partial charge is 0.398 e. The van der Waals surface area contributed by atoms with Gasteiger partial charge in [-0.1, -0.05) is 0 Å². The van der Waals surface area contributed by atoms with Gasteiger partial charge >= 0.3 is 6.18 Å². The second kappa shape index (κ2) is 3.40. The van der Waals surface area contributed by atoms with Crippen molar-refractivity contribution in [2.24, 2.45) is 0 Å². The third kappa shape index (κ3) is 1.41. The molecule has 1 aliphatic carbocycles. The fourth-order valence-electron chi connectivity index (χ4n) is 2.30. The van der Waals surface area contributed by atoms with E-state index in [4.69, 9.17) is 4.74 Å². The normalized spacial score (nSPS) is 18.0. The topological polar surface area (TPSA) is 26.5 Å². The lowest BCUT2D eigenvalue weighted by Gasteiger charge is -2.22. The van der Waals surface area contributed by atoms with E-state index in [0.29, 0.717) is 5.65 Å². The number of fused-ring (bicyclic) bond motifs is 1. The van der Waals surface area contributed by atoms with Crippen molar-refractivity contribution < 1.29 is 17.9 Å². The number of imidazole rings is 1. The van der Waals surface area contributed by atoms with E-state index in [1.165, 1.54) is 13.3 Å². The van der Waals surface area contributed by atoms with Gasteiger partial charge in [0.2, 0.25) is 0 Å². The average Bonchev–Trinajstić information content (AvgIpc) is 3.01. The van der Waals surface area contributed by atoms with Gasteiger partial charge in [-0.25, -0.2) is 4.98 Å². The first-order valence-corrected chi connectivity index (χ1v) is 5.56. The van der Waals surface area contributed by atoms with Gasteiger partial charge in [-0.05, 0) is 12.8 Å². The van der Waals surface area contributed by atoms with E-state index in [0.717, 1.165) is 0 Å². The van der Waals surface area contributed by atoms with E-state index in [-0.39, 0.29) is 24.2 Å². The molecule has 0 bridgehead atoms. The fraction of sp³-hybridized carbons (Fsp3) is 0.417. The summed E-state index contributed by atoms with van der Waals surface area (Å²) in [5.74, 6) is 0.253. The lowest BCUT2D eigenvalue weighted by molar-refractivity contribution is -0.161. The molecule has 2 aromatic heterocycles. The van der Waals surface area contributed by atoms with Crippen molar-refractivity contribution >= 4 is 5.65 Å². The zero-order valence-electron chi connectivity index (χ0n) is 9.66. The average molecular weight is 256 g/mol. The number of hydrogen-bond donors (Lipinski definition) is 0. The first-order chi connectivity index (χ1) is 8.48. The Kier molecular flexibility index (Phi) is 2.15. The number of ether oxygens (including phenoxy) is 1. The summed E-state index contributed by atoms with van der Waals surface area (Å²) in [4.78, 5) is 4.03. The van der Waals surface area contributed by atoms with Crippen LogP contribution < -0.4 is 4.74 Å². The molecule has 0 unspecified atom stereocenters. The predicted octanol–water partition coefficient (Wildman–Crippen LogP) is 2.94. The van der Waals surface area contributed by atoms with Crippen LogP contribution in [0.3, 0.4) is 0 Å². The number of pyridine rings is 1. The van der Waals surface area contributed by atoms with Gasteiger partial charge in [0.1, 0.15) is 11.4 Å². The Balaban J connectivity index is 2.22. The van der Waals surface area contributed by atoms with Crippen LogP contribution in [0, 0.1) is 0 Å². The van der Waals surface area contributed by atoms with Crippen molar-refractivity contribution in [2.45, 2.75) is 24.4 Å². The number of nitrogens with zero attached hydrogens (tertiary/aromatic N) is 2. The zero-order chi connectivity index (χ0) is 13.0. The molecular formula is C12H11F3N2O. The summed E-state index contributed by atoms with van der Waals surface area (Å²) in [5, 5.41) is 0. The summed E-state index contributed by atoms with van der Waals surface area (Å²) in [6.45, 7) is 0. The van der Waals surface area contributed by atoms with E-state index in [9.17, 15) is 13.2 Å². The molecule has 0 saturated heterocycles. The standard InChI is InChI=1S/C12H11F3N2O/c1-18-9-6-10-16-4-5-17(10)7-8(9)11(2-3-11)12(13,14)15/h4-7H,2-3H2,1H3. The minimum atomic E-state index is -4.24. The maximum Gasteiger partial charge on any atom is 0.398 e. The molecule has 0 N–H and O–H groups in total. The van der Waals surface area contributed by atoms with Gasteiger partial charge in [0.15, 0.2) is 0 Å². The highest BCUT2D eigenvalue weighted by Gasteiger charge is 2.65. The molecule has 18 heavy (non-hydrogen) atoms. The Morgan fingerprint density at radius 3 is 2.67 bits per heavy atom. The fourth-order valence-corrected chi connectivity index (χ4v) is 2.30. The second-order valence-corrected chi connectivity index (χ2v) is 4.53. The molecule has 0 radical (unpaired) electrons. The molecule has 1 fully saturated rings. The molecule has 0 atom stereocenters. The lowest BCUT2D eigenvalue weighted by Crippen LogP contribution is -2.29. The number of halogens is 3. The molecule has 3 rings (SSSR count). The van der Waals surface area contributed by atoms with Crippen LogP contribution in [0.2, 0.25) is 0 Å². The third-order valence-electron chi connectivity index (χ3n) is 3.52. The molecule has 1 aliphatic rings. The molecule has 6 heteroatoms. The van der Waals surface area contributed by atoms with Crippen molar-refractivity contribution in [1.29, 1.82) is 0 Å². The highest BCUT2D eigenvalue weighted by molar-refractivity contribution is 5.53. The Morgan fingerprint density at radius 2 is 2.11 bits per heavy atom. The molecule has 2 heterocycles. The Bertz CT molecular complexity index is 599. The number of alkyl halides is 3. The zero-order valence-corrected chi connectivity index (χ0v) is 9.66. The molecule has 0 aromatic carbocycles. The van der Waals surface area contributed by atoms with Crippen LogP contribution in [0.1, 0.15) is 18.4 Å². The van der Waals surface area contributed by atoms with Crippen LogP contribution >= 0.6 is 0 Å². The molecule has 3 nitrogen and oxygen atoms in total. The van der Waals surface area contributed by atoms with Crippen molar-refractivity contribution in [3.63, 3.8) is 0 Å². The SMILES string of the molecule is COc1cc2nccn2cc1C1(C(F)(F)F)CC1. The van der Waals surface area contributed by atoms with Crippen molar-refractivity contribution in [3.05, 3.63) is 30.2 Å². The van der Waals surface area contributed by atoms with Gasteiger partial charge in [-0.3, -0.25) is 0 Å². The number of rotatable bonds is 2. The Hall–Kier alpha value is -1.72. The van der Waals surface area contributed by atoms with Gasteiger partial charge in [0.05, 0.1) is 12.5 Å². The van der Waals surface area contributed by atoms with Crippen LogP contribution in [0.25, 0.3) is 5.65 Å². The van der Waals surface area contributed by atoms with Crippen LogP contribution in [0.15, 0.2) is 24.7 Å². The molecule has 0 aliphatic heterocycles. The van der Waals surface area contributed by atoms with Gasteiger partial charge in [-0.2, -0.15) is 13.2 Å². The molecular weight excluding hydrogens is 245 g/mol. The van der Waals surface area contributed by atoms with E-state index in [2.05, 4.69) is 4.98 Å². The van der Waals surface area contributed by atoms with Gasteiger partial charge in [0.25, 0.3) is 0 Å². The van der Waals surface area contributed by atoms with E-state index in [1.807, 2.05) is 0 Å². The summed E-state index contributed by atoms with van der Waals surface area (Å²) in [5.41, 5.74) is -0.965. The lowest BCUT2D eigenvalue weighted by atomic mass is 9.96. The van der Waals surface area contributed by atoms with E-state index in [1.54, 1.807) is 22.9 Å². The third-order valence-corrected chi connectivity index (χ3v) is 3.52. The summed E-state index contributed by atoms with van der Waals surface area (Å²) in [7, 11) is 1.38. The van der Waals surface area contributed by atoms with Crippen molar-refractivity contribution in [1.82, 2.24) is 9.38 Å². The van der Waals surface area contributed by atoms with Crippen molar-refractivity contribution in [2.75, 3.05) is 7.11 Å². The predicted molar refractivity (Wildman–Crippen MR) is 58.7 cm³/mol. The molecule has 96 valence electrons. The number of hydrogen-bond acceptors (Lipinski definition) is 2. The van der Waals surface area contributed by atoms with Gasteiger partial charge < -0.3 is 9.14 Å². The second-order valence-electron chi connectivity index (χ2n) is 4.53. The van der Waals surface area contributed by atoms with E-state index < -0.39 is 11.6 Å².